The molecule has 1 unspecified atom stereocenters. The van der Waals surface area contributed by atoms with Gasteiger partial charge in [0.15, 0.2) is 0 Å². The number of hydrogen-bond donors (Lipinski definition) is 1. The first-order chi connectivity index (χ1) is 8.65. The van der Waals surface area contributed by atoms with Crippen LogP contribution in [0.1, 0.15) is 28.3 Å². The summed E-state index contributed by atoms with van der Waals surface area (Å²) in [5, 5.41) is 3.56. The molecule has 0 amide bonds. The van der Waals surface area contributed by atoms with Gasteiger partial charge in [0.2, 0.25) is 0 Å². The Labute approximate surface area is 107 Å². The normalized spacial score (nSPS) is 17.4. The summed E-state index contributed by atoms with van der Waals surface area (Å²) in [5.41, 5.74) is 6.40. The molecular weight excluding hydrogens is 225 g/mol. The summed E-state index contributed by atoms with van der Waals surface area (Å²) >= 11 is 0. The molecule has 92 valence electrons. The lowest BCUT2D eigenvalue weighted by atomic mass is 9.99. The first-order valence-electron chi connectivity index (χ1n) is 6.26. The lowest BCUT2D eigenvalue weighted by Gasteiger charge is -2.12. The fraction of sp³-hybridized carbons (Fsp3) is 0.250. The Morgan fingerprint density at radius 1 is 1.00 bits per heavy atom. The van der Waals surface area contributed by atoms with Gasteiger partial charge in [0.25, 0.3) is 0 Å². The zero-order chi connectivity index (χ0) is 12.7. The molecule has 3 rings (SSSR count). The van der Waals surface area contributed by atoms with Crippen molar-refractivity contribution in [1.29, 1.82) is 0 Å². The number of fused-ring (bicyclic) bond motifs is 1. The van der Waals surface area contributed by atoms with Crippen LogP contribution >= 0.6 is 0 Å². The van der Waals surface area contributed by atoms with Crippen LogP contribution in [0.25, 0.3) is 0 Å². The third kappa shape index (κ3) is 1.78. The topological polar surface area (TPSA) is 12.0 Å². The molecule has 0 aromatic heterocycles. The third-order valence-electron chi connectivity index (χ3n) is 3.75. The third-order valence-corrected chi connectivity index (χ3v) is 3.75. The van der Waals surface area contributed by atoms with Crippen LogP contribution in [0.3, 0.4) is 0 Å². The second kappa shape index (κ2) is 4.13. The second-order valence-electron chi connectivity index (χ2n) is 5.01. The van der Waals surface area contributed by atoms with Gasteiger partial charge >= 0.3 is 0 Å². The lowest BCUT2D eigenvalue weighted by molar-refractivity contribution is 0.626. The highest BCUT2D eigenvalue weighted by atomic mass is 19.1. The largest absolute Gasteiger partial charge is 0.377 e. The maximum Gasteiger partial charge on any atom is 0.123 e. The first-order valence-corrected chi connectivity index (χ1v) is 6.26. The highest BCUT2D eigenvalue weighted by molar-refractivity contribution is 5.65. The molecule has 0 fully saturated rings. The summed E-state index contributed by atoms with van der Waals surface area (Å²) in [6, 6.07) is 11.4. The van der Waals surface area contributed by atoms with Crippen LogP contribution in [0.15, 0.2) is 36.4 Å². The monoisotopic (exact) mass is 241 g/mol. The van der Waals surface area contributed by atoms with Crippen molar-refractivity contribution in [2.24, 2.45) is 0 Å². The predicted octanol–water partition coefficient (Wildman–Crippen LogP) is 4.15. The molecule has 0 saturated heterocycles. The molecule has 2 aromatic carbocycles. The number of nitrogens with one attached hydrogen (secondary N) is 1. The molecule has 1 atom stereocenters. The maximum atomic E-state index is 12.9. The minimum Gasteiger partial charge on any atom is -0.377 e. The van der Waals surface area contributed by atoms with Crippen LogP contribution < -0.4 is 5.32 Å². The van der Waals surface area contributed by atoms with E-state index in [2.05, 4.69) is 31.3 Å². The smallest absolute Gasteiger partial charge is 0.123 e. The fourth-order valence-electron chi connectivity index (χ4n) is 2.66. The van der Waals surface area contributed by atoms with Crippen molar-refractivity contribution >= 4 is 5.69 Å². The fourth-order valence-corrected chi connectivity index (χ4v) is 2.66. The Bertz CT molecular complexity index is 556. The Kier molecular flexibility index (Phi) is 2.58. The number of rotatable bonds is 1. The van der Waals surface area contributed by atoms with E-state index in [-0.39, 0.29) is 11.9 Å². The Balaban J connectivity index is 1.95. The van der Waals surface area contributed by atoms with Crippen molar-refractivity contribution in [3.05, 3.63) is 64.5 Å². The molecular formula is C16H16FN. The van der Waals surface area contributed by atoms with Gasteiger partial charge in [0, 0.05) is 5.69 Å². The minimum absolute atomic E-state index is 0.179. The maximum absolute atomic E-state index is 12.9. The molecule has 1 N–H and O–H groups in total. The van der Waals surface area contributed by atoms with E-state index in [9.17, 15) is 4.39 Å². The van der Waals surface area contributed by atoms with Gasteiger partial charge in [-0.05, 0) is 54.7 Å². The molecule has 0 radical (unpaired) electrons. The lowest BCUT2D eigenvalue weighted by Crippen LogP contribution is -2.05. The van der Waals surface area contributed by atoms with Gasteiger partial charge in [-0.25, -0.2) is 4.39 Å². The predicted molar refractivity (Wildman–Crippen MR) is 72.4 cm³/mol. The summed E-state index contributed by atoms with van der Waals surface area (Å²) in [6.07, 6.45) is 0.981. The highest BCUT2D eigenvalue weighted by Crippen LogP contribution is 2.38. The van der Waals surface area contributed by atoms with Gasteiger partial charge in [-0.1, -0.05) is 24.3 Å². The molecule has 18 heavy (non-hydrogen) atoms. The van der Waals surface area contributed by atoms with E-state index in [1.54, 1.807) is 0 Å². The highest BCUT2D eigenvalue weighted by Gasteiger charge is 2.24. The van der Waals surface area contributed by atoms with Crippen LogP contribution in [0, 0.1) is 19.7 Å². The van der Waals surface area contributed by atoms with Gasteiger partial charge in [-0.3, -0.25) is 0 Å². The summed E-state index contributed by atoms with van der Waals surface area (Å²) in [6.45, 7) is 4.27. The van der Waals surface area contributed by atoms with Gasteiger partial charge in [0.05, 0.1) is 6.04 Å². The Morgan fingerprint density at radius 2 is 1.67 bits per heavy atom. The van der Waals surface area contributed by atoms with Crippen LogP contribution in [-0.2, 0) is 6.42 Å². The zero-order valence-corrected chi connectivity index (χ0v) is 10.6. The van der Waals surface area contributed by atoms with Gasteiger partial charge < -0.3 is 5.32 Å². The number of benzene rings is 2. The van der Waals surface area contributed by atoms with E-state index >= 15 is 0 Å². The molecule has 0 saturated carbocycles. The van der Waals surface area contributed by atoms with Crippen molar-refractivity contribution in [2.75, 3.05) is 5.32 Å². The molecule has 1 heterocycles. The van der Waals surface area contributed by atoms with E-state index in [1.165, 1.54) is 34.5 Å². The van der Waals surface area contributed by atoms with Crippen molar-refractivity contribution in [3.8, 4) is 0 Å². The quantitative estimate of drug-likeness (QED) is 0.790. The first kappa shape index (κ1) is 11.3. The van der Waals surface area contributed by atoms with Crippen molar-refractivity contribution in [3.63, 3.8) is 0 Å². The van der Waals surface area contributed by atoms with Gasteiger partial charge in [0.1, 0.15) is 5.82 Å². The van der Waals surface area contributed by atoms with E-state index < -0.39 is 0 Å². The van der Waals surface area contributed by atoms with Crippen LogP contribution in [0.2, 0.25) is 0 Å². The number of halogens is 1. The van der Waals surface area contributed by atoms with Crippen molar-refractivity contribution in [1.82, 2.24) is 0 Å². The van der Waals surface area contributed by atoms with Crippen molar-refractivity contribution < 1.29 is 4.39 Å². The molecule has 0 spiro atoms. The van der Waals surface area contributed by atoms with E-state index in [4.69, 9.17) is 0 Å². The molecule has 0 aliphatic carbocycles. The molecule has 2 aromatic rings. The Morgan fingerprint density at radius 3 is 2.33 bits per heavy atom. The minimum atomic E-state index is -0.179. The number of anilines is 1. The molecule has 1 aliphatic heterocycles. The van der Waals surface area contributed by atoms with E-state index in [0.29, 0.717) is 0 Å². The molecule has 1 nitrogen and oxygen atoms in total. The zero-order valence-electron chi connectivity index (χ0n) is 10.6. The van der Waals surface area contributed by atoms with Crippen molar-refractivity contribution in [2.45, 2.75) is 26.3 Å². The van der Waals surface area contributed by atoms with E-state index in [0.717, 1.165) is 12.0 Å². The summed E-state index contributed by atoms with van der Waals surface area (Å²) in [7, 11) is 0. The Hall–Kier alpha value is -1.83. The standard InChI is InChI=1S/C16H16FN/c1-10-3-4-11(2)16-14(10)9-15(18-16)12-5-7-13(17)8-6-12/h3-8,15,18H,9H2,1-2H3. The average molecular weight is 241 g/mol. The summed E-state index contributed by atoms with van der Waals surface area (Å²) in [4.78, 5) is 0. The van der Waals surface area contributed by atoms with Gasteiger partial charge in [-0.2, -0.15) is 0 Å². The van der Waals surface area contributed by atoms with E-state index in [1.807, 2.05) is 12.1 Å². The summed E-state index contributed by atoms with van der Waals surface area (Å²) in [5.74, 6) is -0.179. The SMILES string of the molecule is Cc1ccc(C)c2c1CC(c1ccc(F)cc1)N2. The van der Waals surface area contributed by atoms with Crippen LogP contribution in [-0.4, -0.2) is 0 Å². The van der Waals surface area contributed by atoms with Gasteiger partial charge in [-0.15, -0.1) is 0 Å². The number of hydrogen-bond acceptors (Lipinski definition) is 1. The van der Waals surface area contributed by atoms with Crippen LogP contribution in [0.5, 0.6) is 0 Å². The van der Waals surface area contributed by atoms with Crippen LogP contribution in [0.4, 0.5) is 10.1 Å². The molecule has 1 aliphatic rings. The molecule has 0 bridgehead atoms. The summed E-state index contributed by atoms with van der Waals surface area (Å²) < 4.78 is 12.9. The number of aryl methyl sites for hydroxylation is 2. The molecule has 2 heteroatoms. The average Bonchev–Trinajstić information content (AvgIpc) is 2.81. The second-order valence-corrected chi connectivity index (χ2v) is 5.01.